The Morgan fingerprint density at radius 3 is 3.25 bits per heavy atom. The van der Waals surface area contributed by atoms with Gasteiger partial charge in [0.05, 0.1) is 11.6 Å². The van der Waals surface area contributed by atoms with E-state index in [-0.39, 0.29) is 0 Å². The summed E-state index contributed by atoms with van der Waals surface area (Å²) in [5.74, 6) is 0.878. The lowest BCUT2D eigenvalue weighted by Crippen LogP contribution is -2.06. The summed E-state index contributed by atoms with van der Waals surface area (Å²) in [5, 5.41) is 4.31. The Morgan fingerprint density at radius 1 is 1.44 bits per heavy atom. The maximum Gasteiger partial charge on any atom is 0.139 e. The third-order valence-corrected chi connectivity index (χ3v) is 2.34. The highest BCUT2D eigenvalue weighted by Gasteiger charge is 2.03. The van der Waals surface area contributed by atoms with Gasteiger partial charge in [0.25, 0.3) is 0 Å². The maximum atomic E-state index is 5.30. The van der Waals surface area contributed by atoms with E-state index in [1.54, 1.807) is 12.5 Å². The second-order valence-corrected chi connectivity index (χ2v) is 3.47. The minimum absolute atomic E-state index is 0.773. The Balaban J connectivity index is 1.91. The molecule has 4 nitrogen and oxygen atoms in total. The fraction of sp³-hybridized carbons (Fsp3) is 0.417. The first-order chi connectivity index (χ1) is 7.92. The molecular formula is C12H16N2O2. The predicted molar refractivity (Wildman–Crippen MR) is 63.6 cm³/mol. The van der Waals surface area contributed by atoms with Gasteiger partial charge in [0.2, 0.25) is 0 Å². The largest absolute Gasteiger partial charge is 0.464 e. The second kappa shape index (κ2) is 5.51. The van der Waals surface area contributed by atoms with Crippen molar-refractivity contribution in [2.75, 3.05) is 25.1 Å². The number of fused-ring (bicyclic) bond motifs is 1. The fourth-order valence-corrected chi connectivity index (χ4v) is 1.56. The maximum absolute atomic E-state index is 5.30. The quantitative estimate of drug-likeness (QED) is 0.760. The van der Waals surface area contributed by atoms with E-state index in [0.29, 0.717) is 0 Å². The van der Waals surface area contributed by atoms with Crippen molar-refractivity contribution in [2.45, 2.75) is 13.3 Å². The van der Waals surface area contributed by atoms with Crippen LogP contribution in [0.3, 0.4) is 0 Å². The van der Waals surface area contributed by atoms with Crippen molar-refractivity contribution < 1.29 is 9.15 Å². The molecule has 0 fully saturated rings. The normalized spacial score (nSPS) is 10.8. The lowest BCUT2D eigenvalue weighted by molar-refractivity contribution is 0.147. The van der Waals surface area contributed by atoms with Crippen LogP contribution in [-0.2, 0) is 4.74 Å². The van der Waals surface area contributed by atoms with Crippen molar-refractivity contribution in [1.82, 2.24) is 4.98 Å². The Morgan fingerprint density at radius 2 is 2.38 bits per heavy atom. The van der Waals surface area contributed by atoms with Gasteiger partial charge in [0, 0.05) is 26.0 Å². The molecule has 2 heterocycles. The van der Waals surface area contributed by atoms with Gasteiger partial charge >= 0.3 is 0 Å². The molecular weight excluding hydrogens is 204 g/mol. The van der Waals surface area contributed by atoms with Gasteiger partial charge in [0.15, 0.2) is 0 Å². The first-order valence-corrected chi connectivity index (χ1v) is 5.55. The molecule has 0 radical (unpaired) electrons. The molecule has 86 valence electrons. The van der Waals surface area contributed by atoms with E-state index in [1.165, 1.54) is 0 Å². The molecule has 2 aromatic rings. The van der Waals surface area contributed by atoms with Crippen LogP contribution >= 0.6 is 0 Å². The van der Waals surface area contributed by atoms with Gasteiger partial charge in [-0.3, -0.25) is 0 Å². The van der Waals surface area contributed by atoms with Gasteiger partial charge in [-0.25, -0.2) is 4.98 Å². The number of hydrogen-bond acceptors (Lipinski definition) is 4. The number of furan rings is 1. The molecule has 0 saturated heterocycles. The van der Waals surface area contributed by atoms with Crippen LogP contribution in [0.25, 0.3) is 11.0 Å². The molecule has 0 aromatic carbocycles. The molecule has 16 heavy (non-hydrogen) atoms. The molecule has 1 N–H and O–H groups in total. The molecule has 2 rings (SSSR count). The number of hydrogen-bond donors (Lipinski definition) is 1. The number of nitrogens with one attached hydrogen (secondary N) is 1. The molecule has 0 spiro atoms. The van der Waals surface area contributed by atoms with Crippen LogP contribution in [0.4, 0.5) is 5.82 Å². The first kappa shape index (κ1) is 11.0. The van der Waals surface area contributed by atoms with Crippen LogP contribution in [0, 0.1) is 0 Å². The summed E-state index contributed by atoms with van der Waals surface area (Å²) in [6.07, 6.45) is 4.40. The average molecular weight is 220 g/mol. The zero-order chi connectivity index (χ0) is 11.2. The highest BCUT2D eigenvalue weighted by atomic mass is 16.5. The van der Waals surface area contributed by atoms with Crippen LogP contribution in [0.1, 0.15) is 13.3 Å². The van der Waals surface area contributed by atoms with Crippen molar-refractivity contribution in [2.24, 2.45) is 0 Å². The van der Waals surface area contributed by atoms with Crippen LogP contribution in [0.2, 0.25) is 0 Å². The molecule has 0 aliphatic heterocycles. The molecule has 0 unspecified atom stereocenters. The van der Waals surface area contributed by atoms with Crippen LogP contribution in [0.5, 0.6) is 0 Å². The molecule has 0 aliphatic rings. The Bertz CT molecular complexity index is 439. The summed E-state index contributed by atoms with van der Waals surface area (Å²) < 4.78 is 10.6. The van der Waals surface area contributed by atoms with Crippen LogP contribution in [0.15, 0.2) is 29.0 Å². The Hall–Kier alpha value is -1.55. The third-order valence-electron chi connectivity index (χ3n) is 2.34. The van der Waals surface area contributed by atoms with Gasteiger partial charge in [-0.05, 0) is 25.5 Å². The minimum Gasteiger partial charge on any atom is -0.464 e. The first-order valence-electron chi connectivity index (χ1n) is 5.55. The van der Waals surface area contributed by atoms with Gasteiger partial charge in [-0.1, -0.05) is 0 Å². The van der Waals surface area contributed by atoms with Gasteiger partial charge in [-0.2, -0.15) is 0 Å². The monoisotopic (exact) mass is 220 g/mol. The third kappa shape index (κ3) is 2.52. The number of nitrogens with zero attached hydrogens (tertiary/aromatic N) is 1. The molecule has 0 bridgehead atoms. The van der Waals surface area contributed by atoms with E-state index < -0.39 is 0 Å². The zero-order valence-electron chi connectivity index (χ0n) is 9.40. The Kier molecular flexibility index (Phi) is 3.77. The number of aromatic nitrogens is 1. The molecule has 0 atom stereocenters. The standard InChI is InChI=1S/C12H16N2O2/c1-2-15-8-3-6-13-12-10-5-9-16-11(10)4-7-14-12/h4-5,7,9H,2-3,6,8H2,1H3,(H,13,14). The highest BCUT2D eigenvalue weighted by molar-refractivity contribution is 5.87. The fourth-order valence-electron chi connectivity index (χ4n) is 1.56. The van der Waals surface area contributed by atoms with E-state index in [0.717, 1.165) is 43.0 Å². The number of anilines is 1. The molecule has 0 saturated carbocycles. The topological polar surface area (TPSA) is 47.3 Å². The number of rotatable bonds is 6. The summed E-state index contributed by atoms with van der Waals surface area (Å²) in [6, 6.07) is 3.79. The average Bonchev–Trinajstić information content (AvgIpc) is 2.77. The highest BCUT2D eigenvalue weighted by Crippen LogP contribution is 2.21. The summed E-state index contributed by atoms with van der Waals surface area (Å²) in [5.41, 5.74) is 0.863. The van der Waals surface area contributed by atoms with E-state index in [1.807, 2.05) is 19.1 Å². The summed E-state index contributed by atoms with van der Waals surface area (Å²) in [4.78, 5) is 4.28. The smallest absolute Gasteiger partial charge is 0.139 e. The second-order valence-electron chi connectivity index (χ2n) is 3.47. The Labute approximate surface area is 94.6 Å². The molecule has 4 heteroatoms. The van der Waals surface area contributed by atoms with E-state index in [4.69, 9.17) is 9.15 Å². The SMILES string of the molecule is CCOCCCNc1nccc2occc12. The lowest BCUT2D eigenvalue weighted by Gasteiger charge is -2.05. The van der Waals surface area contributed by atoms with Gasteiger partial charge in [-0.15, -0.1) is 0 Å². The van der Waals surface area contributed by atoms with E-state index in [9.17, 15) is 0 Å². The summed E-state index contributed by atoms with van der Waals surface area (Å²) in [6.45, 7) is 4.42. The van der Waals surface area contributed by atoms with Crippen LogP contribution in [-0.4, -0.2) is 24.7 Å². The minimum atomic E-state index is 0.773. The molecule has 0 amide bonds. The van der Waals surface area contributed by atoms with Gasteiger partial charge in [0.1, 0.15) is 11.4 Å². The van der Waals surface area contributed by atoms with Crippen molar-refractivity contribution in [1.29, 1.82) is 0 Å². The summed E-state index contributed by atoms with van der Waals surface area (Å²) >= 11 is 0. The number of ether oxygens (including phenoxy) is 1. The van der Waals surface area contributed by atoms with Crippen LogP contribution < -0.4 is 5.32 Å². The van der Waals surface area contributed by atoms with Gasteiger partial charge < -0.3 is 14.5 Å². The molecule has 0 aliphatic carbocycles. The predicted octanol–water partition coefficient (Wildman–Crippen LogP) is 2.67. The molecule has 2 aromatic heterocycles. The van der Waals surface area contributed by atoms with Crippen molar-refractivity contribution in [3.8, 4) is 0 Å². The van der Waals surface area contributed by atoms with Crippen molar-refractivity contribution in [3.05, 3.63) is 24.6 Å². The lowest BCUT2D eigenvalue weighted by atomic mass is 10.3. The van der Waals surface area contributed by atoms with Crippen molar-refractivity contribution in [3.63, 3.8) is 0 Å². The number of pyridine rings is 1. The van der Waals surface area contributed by atoms with Crippen molar-refractivity contribution >= 4 is 16.8 Å². The van der Waals surface area contributed by atoms with E-state index >= 15 is 0 Å². The zero-order valence-corrected chi connectivity index (χ0v) is 9.40. The summed E-state index contributed by atoms with van der Waals surface area (Å²) in [7, 11) is 0. The van der Waals surface area contributed by atoms with E-state index in [2.05, 4.69) is 10.3 Å².